The summed E-state index contributed by atoms with van der Waals surface area (Å²) < 4.78 is 16.0. The van der Waals surface area contributed by atoms with Gasteiger partial charge in [0.15, 0.2) is 5.71 Å². The van der Waals surface area contributed by atoms with E-state index in [4.69, 9.17) is 14.2 Å². The van der Waals surface area contributed by atoms with Gasteiger partial charge in [0.25, 0.3) is 0 Å². The first-order valence-corrected chi connectivity index (χ1v) is 14.6. The maximum Gasteiger partial charge on any atom is 0.434 e. The Hall–Kier alpha value is -1.81. The maximum absolute atomic E-state index is 12.8. The summed E-state index contributed by atoms with van der Waals surface area (Å²) in [4.78, 5) is 42.8. The van der Waals surface area contributed by atoms with Gasteiger partial charge in [-0.3, -0.25) is 4.90 Å². The van der Waals surface area contributed by atoms with Crippen molar-refractivity contribution in [2.24, 2.45) is 4.99 Å². The average Bonchev–Trinajstić information content (AvgIpc) is 2.97. The first-order valence-electron chi connectivity index (χ1n) is 9.80. The lowest BCUT2D eigenvalue weighted by atomic mass is 10.2. The van der Waals surface area contributed by atoms with Crippen LogP contribution < -0.4 is 0 Å². The lowest BCUT2D eigenvalue weighted by molar-refractivity contribution is -0.135. The van der Waals surface area contributed by atoms with E-state index in [1.165, 1.54) is 16.7 Å². The van der Waals surface area contributed by atoms with E-state index in [-0.39, 0.29) is 23.9 Å². The van der Waals surface area contributed by atoms with Crippen molar-refractivity contribution in [3.8, 4) is 0 Å². The molecule has 30 heavy (non-hydrogen) atoms. The van der Waals surface area contributed by atoms with Crippen LogP contribution in [0.3, 0.4) is 0 Å². The smallest absolute Gasteiger partial charge is 0.434 e. The molecule has 0 atom stereocenters. The van der Waals surface area contributed by atoms with Gasteiger partial charge in [0, 0.05) is 8.07 Å². The molecule has 0 spiro atoms. The quantitative estimate of drug-likeness (QED) is 0.247. The van der Waals surface area contributed by atoms with Gasteiger partial charge in [0.1, 0.15) is 11.2 Å². The van der Waals surface area contributed by atoms with Crippen molar-refractivity contribution in [2.75, 3.05) is 12.5 Å². The second-order valence-corrected chi connectivity index (χ2v) is 16.5. The van der Waals surface area contributed by atoms with Crippen molar-refractivity contribution in [1.82, 2.24) is 4.90 Å². The molecular formula is C20H34N2O6SSi. The molecule has 0 aliphatic carbocycles. The SMILES string of the molecule is CC(C)(C)OC(=O)N=C(C(=O)OCC[Si](C)(C)C)C1=CSCN1C(=O)OC(C)(C)C. The van der Waals surface area contributed by atoms with Crippen molar-refractivity contribution in [1.29, 1.82) is 0 Å². The van der Waals surface area contributed by atoms with Crippen molar-refractivity contribution >= 4 is 43.7 Å². The molecule has 0 N–H and O–H groups in total. The Morgan fingerprint density at radius 3 is 2.13 bits per heavy atom. The number of ether oxygens (including phenoxy) is 3. The number of aliphatic imine (C=N–C) groups is 1. The summed E-state index contributed by atoms with van der Waals surface area (Å²) >= 11 is 1.29. The minimum atomic E-state index is -1.42. The zero-order chi connectivity index (χ0) is 23.3. The summed E-state index contributed by atoms with van der Waals surface area (Å²) in [6.45, 7) is 17.0. The molecule has 1 aliphatic heterocycles. The van der Waals surface area contributed by atoms with Gasteiger partial charge in [0.2, 0.25) is 0 Å². The van der Waals surface area contributed by atoms with Gasteiger partial charge < -0.3 is 14.2 Å². The average molecular weight is 459 g/mol. The molecule has 10 heteroatoms. The van der Waals surface area contributed by atoms with E-state index in [9.17, 15) is 14.4 Å². The van der Waals surface area contributed by atoms with E-state index in [1.807, 2.05) is 0 Å². The second-order valence-electron chi connectivity index (χ2n) is 10.1. The molecule has 1 heterocycles. The molecule has 0 saturated carbocycles. The molecule has 8 nitrogen and oxygen atoms in total. The summed E-state index contributed by atoms with van der Waals surface area (Å²) in [5.41, 5.74) is -1.60. The van der Waals surface area contributed by atoms with Crippen LogP contribution in [0.5, 0.6) is 0 Å². The number of amides is 2. The van der Waals surface area contributed by atoms with Crippen LogP contribution in [-0.2, 0) is 19.0 Å². The summed E-state index contributed by atoms with van der Waals surface area (Å²) in [6, 6.07) is 0.766. The number of carbonyl (C=O) groups is 3. The van der Waals surface area contributed by atoms with E-state index in [0.29, 0.717) is 0 Å². The predicted octanol–water partition coefficient (Wildman–Crippen LogP) is 5.03. The van der Waals surface area contributed by atoms with Gasteiger partial charge in [-0.2, -0.15) is 4.99 Å². The standard InChI is InChI=1S/C20H34N2O6SSi/c1-19(2,3)27-17(24)21-15(16(23)26-10-11-30(7,8)9)14-12-29-13-22(14)18(25)28-20(4,5)6/h12H,10-11,13H2,1-9H3. The topological polar surface area (TPSA) is 94.5 Å². The summed E-state index contributed by atoms with van der Waals surface area (Å²) in [7, 11) is -1.42. The Labute approximate surface area is 184 Å². The predicted molar refractivity (Wildman–Crippen MR) is 121 cm³/mol. The fourth-order valence-corrected chi connectivity index (χ4v) is 3.66. The number of hydrogen-bond acceptors (Lipinski definition) is 7. The van der Waals surface area contributed by atoms with E-state index < -0.39 is 37.4 Å². The molecular weight excluding hydrogens is 424 g/mol. The first kappa shape index (κ1) is 26.2. The Morgan fingerprint density at radius 1 is 1.07 bits per heavy atom. The number of carbonyl (C=O) groups excluding carboxylic acids is 3. The third-order valence-electron chi connectivity index (χ3n) is 3.42. The Bertz CT molecular complexity index is 729. The van der Waals surface area contributed by atoms with Crippen LogP contribution in [0, 0.1) is 0 Å². The third-order valence-corrected chi connectivity index (χ3v) is 5.92. The van der Waals surface area contributed by atoms with Crippen LogP contribution in [0.4, 0.5) is 9.59 Å². The first-order chi connectivity index (χ1) is 13.5. The third kappa shape index (κ3) is 9.79. The van der Waals surface area contributed by atoms with Crippen molar-refractivity contribution in [3.05, 3.63) is 11.1 Å². The Morgan fingerprint density at radius 2 is 1.63 bits per heavy atom. The molecule has 2 amide bonds. The molecule has 0 aromatic carbocycles. The summed E-state index contributed by atoms with van der Waals surface area (Å²) in [5, 5.41) is 1.59. The normalized spacial score (nSPS) is 15.6. The molecule has 0 unspecified atom stereocenters. The molecule has 1 rings (SSSR count). The second kappa shape index (κ2) is 10.00. The van der Waals surface area contributed by atoms with Gasteiger partial charge in [-0.25, -0.2) is 14.4 Å². The number of esters is 1. The molecule has 0 bridgehead atoms. The van der Waals surface area contributed by atoms with Gasteiger partial charge in [-0.05, 0) is 53.0 Å². The van der Waals surface area contributed by atoms with Crippen LogP contribution in [0.15, 0.2) is 16.1 Å². The highest BCUT2D eigenvalue weighted by Gasteiger charge is 2.34. The molecule has 0 aromatic rings. The van der Waals surface area contributed by atoms with E-state index in [2.05, 4.69) is 24.6 Å². The van der Waals surface area contributed by atoms with Crippen molar-refractivity contribution in [3.63, 3.8) is 0 Å². The minimum absolute atomic E-state index is 0.165. The minimum Gasteiger partial charge on any atom is -0.461 e. The van der Waals surface area contributed by atoms with E-state index in [0.717, 1.165) is 6.04 Å². The maximum atomic E-state index is 12.8. The number of thioether (sulfide) groups is 1. The highest BCUT2D eigenvalue weighted by atomic mass is 32.2. The van der Waals surface area contributed by atoms with Crippen molar-refractivity contribution in [2.45, 2.75) is 78.4 Å². The Balaban J connectivity index is 3.14. The van der Waals surface area contributed by atoms with E-state index in [1.54, 1.807) is 47.0 Å². The van der Waals surface area contributed by atoms with Gasteiger partial charge in [-0.15, -0.1) is 11.8 Å². The monoisotopic (exact) mass is 458 g/mol. The molecule has 1 aliphatic rings. The lowest BCUT2D eigenvalue weighted by Crippen LogP contribution is -2.39. The Kier molecular flexibility index (Phi) is 8.74. The molecule has 170 valence electrons. The zero-order valence-corrected chi connectivity index (χ0v) is 21.3. The van der Waals surface area contributed by atoms with Crippen LogP contribution in [-0.4, -0.2) is 60.5 Å². The number of rotatable bonds is 5. The van der Waals surface area contributed by atoms with Crippen LogP contribution >= 0.6 is 11.8 Å². The molecule has 0 radical (unpaired) electrons. The number of hydrogen-bond donors (Lipinski definition) is 0. The van der Waals surface area contributed by atoms with Crippen molar-refractivity contribution < 1.29 is 28.6 Å². The van der Waals surface area contributed by atoms with Crippen LogP contribution in [0.25, 0.3) is 0 Å². The largest absolute Gasteiger partial charge is 0.461 e. The summed E-state index contributed by atoms with van der Waals surface area (Å²) in [6.07, 6.45) is -1.56. The lowest BCUT2D eigenvalue weighted by Gasteiger charge is -2.26. The van der Waals surface area contributed by atoms with Gasteiger partial charge in [-0.1, -0.05) is 19.6 Å². The fourth-order valence-electron chi connectivity index (χ4n) is 2.08. The molecule has 0 saturated heterocycles. The van der Waals surface area contributed by atoms with Crippen LogP contribution in [0.1, 0.15) is 41.5 Å². The highest BCUT2D eigenvalue weighted by molar-refractivity contribution is 8.02. The van der Waals surface area contributed by atoms with Gasteiger partial charge in [0.05, 0.1) is 18.2 Å². The summed E-state index contributed by atoms with van der Waals surface area (Å²) in [5.74, 6) is -0.541. The van der Waals surface area contributed by atoms with E-state index >= 15 is 0 Å². The van der Waals surface area contributed by atoms with Crippen LogP contribution in [0.2, 0.25) is 25.7 Å². The number of nitrogens with zero attached hydrogens (tertiary/aromatic N) is 2. The van der Waals surface area contributed by atoms with Gasteiger partial charge >= 0.3 is 18.2 Å². The molecule has 0 aromatic heterocycles. The molecule has 0 fully saturated rings. The zero-order valence-electron chi connectivity index (χ0n) is 19.5. The fraction of sp³-hybridized carbons (Fsp3) is 0.700. The highest BCUT2D eigenvalue weighted by Crippen LogP contribution is 2.27.